The minimum Gasteiger partial charge on any atom is -0.329 e. The van der Waals surface area contributed by atoms with E-state index in [2.05, 4.69) is 80.7 Å². The van der Waals surface area contributed by atoms with Crippen LogP contribution in [0.1, 0.15) is 67.7 Å². The average Bonchev–Trinajstić information content (AvgIpc) is 2.67. The maximum absolute atomic E-state index is 13.2. The Morgan fingerprint density at radius 1 is 0.862 bits per heavy atom. The number of rotatable bonds is 2. The van der Waals surface area contributed by atoms with Crippen LogP contribution in [0.15, 0.2) is 60.3 Å². The summed E-state index contributed by atoms with van der Waals surface area (Å²) >= 11 is 0. The van der Waals surface area contributed by atoms with Gasteiger partial charge in [-0.15, -0.1) is 0 Å². The van der Waals surface area contributed by atoms with E-state index in [0.717, 1.165) is 16.8 Å². The summed E-state index contributed by atoms with van der Waals surface area (Å²) in [5, 5.41) is 3.00. The number of hydrogen-bond acceptors (Lipinski definition) is 2. The van der Waals surface area contributed by atoms with Crippen molar-refractivity contribution in [3.8, 4) is 0 Å². The van der Waals surface area contributed by atoms with E-state index in [1.807, 2.05) is 6.92 Å². The fourth-order valence-electron chi connectivity index (χ4n) is 4.55. The van der Waals surface area contributed by atoms with Crippen molar-refractivity contribution in [2.24, 2.45) is 5.92 Å². The van der Waals surface area contributed by atoms with Crippen molar-refractivity contribution in [3.05, 3.63) is 82.6 Å². The molecule has 0 aromatic heterocycles. The zero-order chi connectivity index (χ0) is 20.8. The first-order valence-electron chi connectivity index (χ1n) is 10.4. The normalized spacial score (nSPS) is 24.6. The Morgan fingerprint density at radius 3 is 2.10 bits per heavy atom. The predicted molar refractivity (Wildman–Crippen MR) is 116 cm³/mol. The second-order valence-corrected chi connectivity index (χ2v) is 9.52. The van der Waals surface area contributed by atoms with Crippen LogP contribution >= 0.6 is 0 Å². The Labute approximate surface area is 173 Å². The van der Waals surface area contributed by atoms with Gasteiger partial charge in [-0.2, -0.15) is 0 Å². The third kappa shape index (κ3) is 3.91. The molecule has 3 nitrogen and oxygen atoms in total. The molecule has 3 heteroatoms. The highest BCUT2D eigenvalue weighted by molar-refractivity contribution is 5.92. The van der Waals surface area contributed by atoms with Crippen molar-refractivity contribution < 1.29 is 9.59 Å². The lowest BCUT2D eigenvalue weighted by Gasteiger charge is -2.37. The molecule has 29 heavy (non-hydrogen) atoms. The van der Waals surface area contributed by atoms with E-state index in [-0.39, 0.29) is 34.9 Å². The van der Waals surface area contributed by atoms with Crippen molar-refractivity contribution in [2.45, 2.75) is 57.8 Å². The molecule has 0 unspecified atom stereocenters. The highest BCUT2D eigenvalue weighted by atomic mass is 16.2. The van der Waals surface area contributed by atoms with Gasteiger partial charge in [0.1, 0.15) is 5.78 Å². The summed E-state index contributed by atoms with van der Waals surface area (Å²) in [7, 11) is 0. The Bertz CT molecular complexity index is 961. The van der Waals surface area contributed by atoms with E-state index in [9.17, 15) is 9.59 Å². The van der Waals surface area contributed by atoms with Gasteiger partial charge in [0.05, 0.1) is 5.92 Å². The van der Waals surface area contributed by atoms with Crippen LogP contribution in [0.4, 0.5) is 0 Å². The Balaban J connectivity index is 1.65. The first-order chi connectivity index (χ1) is 13.7. The van der Waals surface area contributed by atoms with Crippen LogP contribution in [0.3, 0.4) is 0 Å². The highest BCUT2D eigenvalue weighted by Crippen LogP contribution is 2.42. The molecule has 1 heterocycles. The van der Waals surface area contributed by atoms with Crippen LogP contribution in [-0.4, -0.2) is 11.7 Å². The molecule has 2 aromatic rings. The number of aryl methyl sites for hydroxylation is 1. The third-order valence-electron chi connectivity index (χ3n) is 6.29. The molecule has 0 radical (unpaired) electrons. The molecule has 1 fully saturated rings. The molecule has 1 amide bonds. The number of fused-ring (bicyclic) bond motifs is 1. The van der Waals surface area contributed by atoms with Gasteiger partial charge in [0.15, 0.2) is 0 Å². The number of nitrogens with one attached hydrogen (secondary N) is 1. The molecule has 1 N–H and O–H groups in total. The molecule has 0 saturated carbocycles. The Kier molecular flexibility index (Phi) is 4.94. The summed E-state index contributed by atoms with van der Waals surface area (Å²) < 4.78 is 0. The highest BCUT2D eigenvalue weighted by Gasteiger charge is 2.42. The second kappa shape index (κ2) is 7.29. The second-order valence-electron chi connectivity index (χ2n) is 9.52. The van der Waals surface area contributed by atoms with Gasteiger partial charge in [-0.1, -0.05) is 80.9 Å². The number of hydrogen-bond donors (Lipinski definition) is 1. The molecular formula is C26H29NO2. The van der Waals surface area contributed by atoms with Crippen LogP contribution in [0.5, 0.6) is 0 Å². The zero-order valence-electron chi connectivity index (χ0n) is 17.7. The predicted octanol–water partition coefficient (Wildman–Crippen LogP) is 5.15. The van der Waals surface area contributed by atoms with E-state index in [4.69, 9.17) is 0 Å². The van der Waals surface area contributed by atoms with E-state index in [0.29, 0.717) is 12.8 Å². The van der Waals surface area contributed by atoms with Crippen molar-refractivity contribution in [1.82, 2.24) is 5.32 Å². The molecule has 2 aromatic carbocycles. The molecule has 3 atom stereocenters. The number of amides is 1. The zero-order valence-corrected chi connectivity index (χ0v) is 17.7. The van der Waals surface area contributed by atoms with Gasteiger partial charge >= 0.3 is 0 Å². The minimum atomic E-state index is -0.250. The van der Waals surface area contributed by atoms with E-state index in [1.54, 1.807) is 0 Å². The topological polar surface area (TPSA) is 46.2 Å². The molecule has 150 valence electrons. The van der Waals surface area contributed by atoms with Crippen molar-refractivity contribution in [2.75, 3.05) is 0 Å². The molecular weight excluding hydrogens is 358 g/mol. The summed E-state index contributed by atoms with van der Waals surface area (Å²) in [6.07, 6.45) is 2.96. The number of benzene rings is 2. The summed E-state index contributed by atoms with van der Waals surface area (Å²) in [6.45, 7) is 8.63. The lowest BCUT2D eigenvalue weighted by molar-refractivity contribution is -0.127. The largest absolute Gasteiger partial charge is 0.329 e. The molecule has 4 rings (SSSR count). The van der Waals surface area contributed by atoms with Crippen LogP contribution in [0.25, 0.3) is 0 Å². The Hall–Kier alpha value is -2.68. The third-order valence-corrected chi connectivity index (χ3v) is 6.29. The van der Waals surface area contributed by atoms with Gasteiger partial charge < -0.3 is 5.32 Å². The molecule has 0 bridgehead atoms. The average molecular weight is 388 g/mol. The fraction of sp³-hybridized carbons (Fsp3) is 0.385. The van der Waals surface area contributed by atoms with Crippen LogP contribution in [0, 0.1) is 12.8 Å². The fourth-order valence-corrected chi connectivity index (χ4v) is 4.55. The number of carbonyl (C=O) groups is 2. The van der Waals surface area contributed by atoms with Crippen molar-refractivity contribution in [3.63, 3.8) is 0 Å². The molecule has 1 aliphatic heterocycles. The van der Waals surface area contributed by atoms with E-state index < -0.39 is 0 Å². The van der Waals surface area contributed by atoms with E-state index >= 15 is 0 Å². The number of piperidine rings is 1. The lowest BCUT2D eigenvalue weighted by Crippen LogP contribution is -2.43. The van der Waals surface area contributed by atoms with Gasteiger partial charge in [-0.25, -0.2) is 0 Å². The summed E-state index contributed by atoms with van der Waals surface area (Å²) in [6, 6.07) is 16.8. The monoisotopic (exact) mass is 387 g/mol. The smallest absolute Gasteiger partial charge is 0.224 e. The molecule has 1 saturated heterocycles. The SMILES string of the molecule is Cc1ccc([C@@H]2CC(=O)NC3=C[C@H](c4ccc(C(C)(C)C)cc4)CC(=O)[C@H]32)cc1. The van der Waals surface area contributed by atoms with Gasteiger partial charge in [0, 0.05) is 30.4 Å². The summed E-state index contributed by atoms with van der Waals surface area (Å²) in [5.41, 5.74) is 5.54. The van der Waals surface area contributed by atoms with Crippen LogP contribution in [0.2, 0.25) is 0 Å². The van der Waals surface area contributed by atoms with Gasteiger partial charge in [-0.05, 0) is 29.0 Å². The van der Waals surface area contributed by atoms with Crippen LogP contribution < -0.4 is 5.32 Å². The van der Waals surface area contributed by atoms with Crippen LogP contribution in [-0.2, 0) is 15.0 Å². The summed E-state index contributed by atoms with van der Waals surface area (Å²) in [4.78, 5) is 25.6. The van der Waals surface area contributed by atoms with Crippen molar-refractivity contribution in [1.29, 1.82) is 0 Å². The van der Waals surface area contributed by atoms with Gasteiger partial charge in [-0.3, -0.25) is 9.59 Å². The van der Waals surface area contributed by atoms with Crippen molar-refractivity contribution >= 4 is 11.7 Å². The Morgan fingerprint density at radius 2 is 1.48 bits per heavy atom. The molecule has 1 aliphatic carbocycles. The number of Topliss-reactive ketones (excluding diaryl/α,β-unsaturated/α-hetero) is 1. The number of allylic oxidation sites excluding steroid dienone is 2. The van der Waals surface area contributed by atoms with E-state index in [1.165, 1.54) is 11.1 Å². The maximum atomic E-state index is 13.2. The first kappa shape index (κ1) is 19.6. The first-order valence-corrected chi connectivity index (χ1v) is 10.4. The standard InChI is InChI=1S/C26H29NO2/c1-16-5-7-18(8-6-16)21-15-24(29)27-22-13-19(14-23(28)25(21)22)17-9-11-20(12-10-17)26(2,3)4/h5-13,19,21,25H,14-15H2,1-4H3,(H,27,29)/t19-,21-,25-/m0/s1. The van der Waals surface area contributed by atoms with Gasteiger partial charge in [0.25, 0.3) is 0 Å². The summed E-state index contributed by atoms with van der Waals surface area (Å²) in [5.74, 6) is -0.0970. The lowest BCUT2D eigenvalue weighted by atomic mass is 9.70. The van der Waals surface area contributed by atoms with Gasteiger partial charge in [0.2, 0.25) is 5.91 Å². The maximum Gasteiger partial charge on any atom is 0.224 e. The number of carbonyl (C=O) groups excluding carboxylic acids is 2. The molecule has 2 aliphatic rings. The molecule has 0 spiro atoms. The minimum absolute atomic E-state index is 0.00499. The number of ketones is 1. The quantitative estimate of drug-likeness (QED) is 0.774.